The minimum Gasteiger partial charge on any atom is -0.357 e. The van der Waals surface area contributed by atoms with Crippen LogP contribution in [0, 0.1) is 5.92 Å². The molecule has 1 aliphatic heterocycles. The third-order valence-corrected chi connectivity index (χ3v) is 6.20. The monoisotopic (exact) mass is 378 g/mol. The Morgan fingerprint density at radius 2 is 1.86 bits per heavy atom. The normalized spacial score (nSPS) is 17.1. The van der Waals surface area contributed by atoms with Crippen LogP contribution in [0.3, 0.4) is 0 Å². The molecule has 0 atom stereocenters. The van der Waals surface area contributed by atoms with Crippen LogP contribution in [0.5, 0.6) is 0 Å². The molecule has 1 saturated carbocycles. The van der Waals surface area contributed by atoms with Crippen LogP contribution in [0.15, 0.2) is 30.3 Å². The highest BCUT2D eigenvalue weighted by atomic mass is 16.2. The minimum absolute atomic E-state index is 0.220. The van der Waals surface area contributed by atoms with Crippen molar-refractivity contribution >= 4 is 11.7 Å². The van der Waals surface area contributed by atoms with E-state index < -0.39 is 0 Å². The van der Waals surface area contributed by atoms with Crippen LogP contribution in [-0.2, 0) is 17.8 Å². The number of fused-ring (bicyclic) bond motifs is 1. The van der Waals surface area contributed by atoms with Crippen molar-refractivity contribution < 1.29 is 4.79 Å². The molecule has 0 saturated heterocycles. The number of hydrogen-bond donors (Lipinski definition) is 0. The molecule has 2 aromatic rings. The molecule has 5 nitrogen and oxygen atoms in total. The van der Waals surface area contributed by atoms with Gasteiger partial charge in [0.15, 0.2) is 5.82 Å². The van der Waals surface area contributed by atoms with E-state index in [9.17, 15) is 4.79 Å². The molecular formula is C23H30N4O. The summed E-state index contributed by atoms with van der Waals surface area (Å²) in [7, 11) is 2.08. The van der Waals surface area contributed by atoms with E-state index in [1.54, 1.807) is 0 Å². The van der Waals surface area contributed by atoms with Crippen molar-refractivity contribution in [2.45, 2.75) is 58.5 Å². The van der Waals surface area contributed by atoms with Crippen LogP contribution < -0.4 is 4.90 Å². The number of hydrogen-bond acceptors (Lipinski definition) is 4. The lowest BCUT2D eigenvalue weighted by atomic mass is 10.0. The Balaban J connectivity index is 1.70. The van der Waals surface area contributed by atoms with Gasteiger partial charge in [0.1, 0.15) is 5.82 Å². The van der Waals surface area contributed by atoms with Crippen LogP contribution >= 0.6 is 0 Å². The number of carbonyl (C=O) groups is 1. The highest BCUT2D eigenvalue weighted by Gasteiger charge is 2.32. The lowest BCUT2D eigenvalue weighted by Gasteiger charge is -2.34. The van der Waals surface area contributed by atoms with E-state index in [-0.39, 0.29) is 5.92 Å². The fraction of sp³-hybridized carbons (Fsp3) is 0.522. The quantitative estimate of drug-likeness (QED) is 0.805. The highest BCUT2D eigenvalue weighted by molar-refractivity contribution is 5.79. The number of benzene rings is 1. The predicted octanol–water partition coefficient (Wildman–Crippen LogP) is 4.06. The molecule has 1 amide bonds. The van der Waals surface area contributed by atoms with Crippen molar-refractivity contribution in [3.63, 3.8) is 0 Å². The first kappa shape index (κ1) is 18.9. The predicted molar refractivity (Wildman–Crippen MR) is 112 cm³/mol. The van der Waals surface area contributed by atoms with Gasteiger partial charge in [-0.15, -0.1) is 0 Å². The molecule has 0 bridgehead atoms. The molecule has 0 radical (unpaired) electrons. The average molecular weight is 379 g/mol. The molecule has 2 heterocycles. The van der Waals surface area contributed by atoms with Gasteiger partial charge in [0.05, 0.1) is 12.2 Å². The first-order valence-electron chi connectivity index (χ1n) is 10.5. The summed E-state index contributed by atoms with van der Waals surface area (Å²) in [6.07, 6.45) is 5.27. The van der Waals surface area contributed by atoms with E-state index in [1.165, 1.54) is 12.8 Å². The van der Waals surface area contributed by atoms with Crippen molar-refractivity contribution in [3.05, 3.63) is 41.6 Å². The standard InChI is InChI=1S/C23H30N4O/c1-16(2)26(3)22-19-15-27(23(28)18-11-7-8-12-18)14-13-20(19)24-21(25-22)17-9-5-4-6-10-17/h4-6,9-10,16,18H,7-8,11-15H2,1-3H3. The van der Waals surface area contributed by atoms with Gasteiger partial charge >= 0.3 is 0 Å². The summed E-state index contributed by atoms with van der Waals surface area (Å²) < 4.78 is 0. The van der Waals surface area contributed by atoms with Crippen molar-refractivity contribution in [1.82, 2.24) is 14.9 Å². The fourth-order valence-corrected chi connectivity index (χ4v) is 4.27. The molecule has 1 aromatic carbocycles. The number of carbonyl (C=O) groups excluding carboxylic acids is 1. The van der Waals surface area contributed by atoms with E-state index in [0.29, 0.717) is 18.5 Å². The second-order valence-electron chi connectivity index (χ2n) is 8.36. The Kier molecular flexibility index (Phi) is 5.33. The van der Waals surface area contributed by atoms with Gasteiger partial charge in [-0.05, 0) is 26.7 Å². The van der Waals surface area contributed by atoms with Gasteiger partial charge in [-0.2, -0.15) is 0 Å². The zero-order valence-corrected chi connectivity index (χ0v) is 17.2. The zero-order valence-electron chi connectivity index (χ0n) is 17.2. The average Bonchev–Trinajstić information content (AvgIpc) is 3.27. The van der Waals surface area contributed by atoms with E-state index in [0.717, 1.165) is 54.3 Å². The molecule has 148 valence electrons. The Morgan fingerprint density at radius 1 is 1.14 bits per heavy atom. The molecule has 1 aliphatic carbocycles. The Morgan fingerprint density at radius 3 is 2.54 bits per heavy atom. The molecule has 0 N–H and O–H groups in total. The summed E-state index contributed by atoms with van der Waals surface area (Å²) >= 11 is 0. The van der Waals surface area contributed by atoms with Crippen LogP contribution in [0.1, 0.15) is 50.8 Å². The number of amides is 1. The van der Waals surface area contributed by atoms with Crippen molar-refractivity contribution in [3.8, 4) is 11.4 Å². The maximum absolute atomic E-state index is 13.0. The molecule has 1 fully saturated rings. The van der Waals surface area contributed by atoms with Crippen molar-refractivity contribution in [2.75, 3.05) is 18.5 Å². The van der Waals surface area contributed by atoms with Gasteiger partial charge < -0.3 is 9.80 Å². The van der Waals surface area contributed by atoms with E-state index in [1.807, 2.05) is 23.1 Å². The second-order valence-corrected chi connectivity index (χ2v) is 8.36. The third-order valence-electron chi connectivity index (χ3n) is 6.20. The molecule has 1 aromatic heterocycles. The Labute approximate surface area is 167 Å². The van der Waals surface area contributed by atoms with Gasteiger partial charge in [0.2, 0.25) is 5.91 Å². The second kappa shape index (κ2) is 7.90. The Hall–Kier alpha value is -2.43. The summed E-state index contributed by atoms with van der Waals surface area (Å²) in [5, 5.41) is 0. The summed E-state index contributed by atoms with van der Waals surface area (Å²) in [5.41, 5.74) is 3.24. The summed E-state index contributed by atoms with van der Waals surface area (Å²) in [6, 6.07) is 10.5. The molecular weight excluding hydrogens is 348 g/mol. The number of aromatic nitrogens is 2. The number of anilines is 1. The lowest BCUT2D eigenvalue weighted by Crippen LogP contribution is -2.41. The highest BCUT2D eigenvalue weighted by Crippen LogP contribution is 2.32. The van der Waals surface area contributed by atoms with Gasteiger partial charge in [0, 0.05) is 43.1 Å². The third kappa shape index (κ3) is 3.62. The zero-order chi connectivity index (χ0) is 19.7. The molecule has 2 aliphatic rings. The molecule has 28 heavy (non-hydrogen) atoms. The number of nitrogens with zero attached hydrogens (tertiary/aromatic N) is 4. The maximum Gasteiger partial charge on any atom is 0.225 e. The summed E-state index contributed by atoms with van der Waals surface area (Å²) in [4.78, 5) is 27.1. The fourth-order valence-electron chi connectivity index (χ4n) is 4.27. The first-order chi connectivity index (χ1) is 13.5. The van der Waals surface area contributed by atoms with Gasteiger partial charge in [-0.25, -0.2) is 9.97 Å². The maximum atomic E-state index is 13.0. The molecule has 0 unspecified atom stereocenters. The van der Waals surface area contributed by atoms with E-state index in [4.69, 9.17) is 9.97 Å². The van der Waals surface area contributed by atoms with Crippen molar-refractivity contribution in [2.24, 2.45) is 5.92 Å². The lowest BCUT2D eigenvalue weighted by molar-refractivity contribution is -0.136. The smallest absolute Gasteiger partial charge is 0.225 e. The largest absolute Gasteiger partial charge is 0.357 e. The van der Waals surface area contributed by atoms with Gasteiger partial charge in [-0.1, -0.05) is 43.2 Å². The van der Waals surface area contributed by atoms with Gasteiger partial charge in [0.25, 0.3) is 0 Å². The van der Waals surface area contributed by atoms with Crippen LogP contribution in [-0.4, -0.2) is 40.4 Å². The van der Waals surface area contributed by atoms with Crippen LogP contribution in [0.2, 0.25) is 0 Å². The number of rotatable bonds is 4. The van der Waals surface area contributed by atoms with Gasteiger partial charge in [-0.3, -0.25) is 4.79 Å². The first-order valence-corrected chi connectivity index (χ1v) is 10.5. The molecule has 0 spiro atoms. The SMILES string of the molecule is CC(C)N(C)c1nc(-c2ccccc2)nc2c1CN(C(=O)C1CCCC1)CC2. The van der Waals surface area contributed by atoms with Crippen molar-refractivity contribution in [1.29, 1.82) is 0 Å². The minimum atomic E-state index is 0.220. The summed E-state index contributed by atoms with van der Waals surface area (Å²) in [5.74, 6) is 2.28. The van der Waals surface area contributed by atoms with Crippen LogP contribution in [0.4, 0.5) is 5.82 Å². The van der Waals surface area contributed by atoms with E-state index >= 15 is 0 Å². The Bertz CT molecular complexity index is 843. The summed E-state index contributed by atoms with van der Waals surface area (Å²) in [6.45, 7) is 5.73. The molecule has 5 heteroatoms. The van der Waals surface area contributed by atoms with Crippen LogP contribution in [0.25, 0.3) is 11.4 Å². The molecule has 4 rings (SSSR count). The van der Waals surface area contributed by atoms with E-state index in [2.05, 4.69) is 37.9 Å². The topological polar surface area (TPSA) is 49.3 Å².